The normalized spacial score (nSPS) is 10.9. The van der Waals surface area contributed by atoms with Gasteiger partial charge >= 0.3 is 0 Å². The van der Waals surface area contributed by atoms with E-state index in [9.17, 15) is 0 Å². The Hall–Kier alpha value is -2.16. The number of hydrogen-bond acceptors (Lipinski definition) is 2. The van der Waals surface area contributed by atoms with Gasteiger partial charge in [0.2, 0.25) is 0 Å². The molecule has 0 unspecified atom stereocenters. The molecule has 3 aromatic rings. The van der Waals surface area contributed by atoms with Crippen molar-refractivity contribution in [2.75, 3.05) is 18.5 Å². The molecule has 0 aliphatic heterocycles. The maximum Gasteiger partial charge on any atom is 0.194 e. The number of aromatic nitrogens is 1. The van der Waals surface area contributed by atoms with Crippen LogP contribution in [-0.2, 0) is 6.42 Å². The number of nitrogens with zero attached hydrogens (tertiary/aromatic N) is 1. The van der Waals surface area contributed by atoms with E-state index in [-0.39, 0.29) is 0 Å². The predicted molar refractivity (Wildman–Crippen MR) is 74.0 cm³/mol. The van der Waals surface area contributed by atoms with Crippen molar-refractivity contribution in [3.8, 4) is 0 Å². The summed E-state index contributed by atoms with van der Waals surface area (Å²) in [4.78, 5) is 5.43. The summed E-state index contributed by atoms with van der Waals surface area (Å²) in [6.07, 6.45) is 4.80. The molecule has 3 heteroatoms. The molecule has 0 aliphatic rings. The Labute approximate surface area is 106 Å². The zero-order chi connectivity index (χ0) is 12.4. The van der Waals surface area contributed by atoms with Crippen LogP contribution in [0.4, 0.5) is 5.88 Å². The molecule has 3 nitrogen and oxygen atoms in total. The van der Waals surface area contributed by atoms with Crippen molar-refractivity contribution in [2.24, 2.45) is 0 Å². The van der Waals surface area contributed by atoms with Crippen LogP contribution in [0.5, 0.6) is 0 Å². The van der Waals surface area contributed by atoms with Gasteiger partial charge in [0.05, 0.1) is 6.26 Å². The largest absolute Gasteiger partial charge is 0.449 e. The molecule has 1 aromatic carbocycles. The van der Waals surface area contributed by atoms with Gasteiger partial charge < -0.3 is 14.3 Å². The van der Waals surface area contributed by atoms with E-state index >= 15 is 0 Å². The SMILES string of the molecule is CN(CCc1c[nH]c2ccccc12)c1ccco1. The van der Waals surface area contributed by atoms with Gasteiger partial charge in [-0.3, -0.25) is 0 Å². The summed E-state index contributed by atoms with van der Waals surface area (Å²) in [6.45, 7) is 0.940. The van der Waals surface area contributed by atoms with Crippen molar-refractivity contribution in [3.05, 3.63) is 54.4 Å². The molecule has 0 spiro atoms. The highest BCUT2D eigenvalue weighted by molar-refractivity contribution is 5.83. The van der Waals surface area contributed by atoms with Crippen LogP contribution in [0.3, 0.4) is 0 Å². The van der Waals surface area contributed by atoms with Gasteiger partial charge in [-0.25, -0.2) is 0 Å². The van der Waals surface area contributed by atoms with Crippen LogP contribution in [0.1, 0.15) is 5.56 Å². The number of hydrogen-bond donors (Lipinski definition) is 1. The zero-order valence-electron chi connectivity index (χ0n) is 10.4. The second-order valence-electron chi connectivity index (χ2n) is 4.48. The summed E-state index contributed by atoms with van der Waals surface area (Å²) in [5.74, 6) is 0.912. The Morgan fingerprint density at radius 2 is 2.06 bits per heavy atom. The lowest BCUT2D eigenvalue weighted by atomic mass is 10.1. The van der Waals surface area contributed by atoms with Crippen LogP contribution in [0, 0.1) is 0 Å². The monoisotopic (exact) mass is 240 g/mol. The Bertz CT molecular complexity index is 625. The summed E-state index contributed by atoms with van der Waals surface area (Å²) in [7, 11) is 2.05. The van der Waals surface area contributed by atoms with Gasteiger partial charge in [0.25, 0.3) is 0 Å². The van der Waals surface area contributed by atoms with Crippen LogP contribution >= 0.6 is 0 Å². The minimum absolute atomic E-state index is 0.912. The standard InChI is InChI=1S/C15H16N2O/c1-17(15-7-4-10-18-15)9-8-12-11-16-14-6-3-2-5-13(12)14/h2-7,10-11,16H,8-9H2,1H3. The van der Waals surface area contributed by atoms with Crippen LogP contribution in [0.25, 0.3) is 10.9 Å². The fourth-order valence-corrected chi connectivity index (χ4v) is 2.22. The van der Waals surface area contributed by atoms with Gasteiger partial charge in [0, 0.05) is 36.8 Å². The van der Waals surface area contributed by atoms with E-state index < -0.39 is 0 Å². The molecule has 0 saturated carbocycles. The first-order valence-corrected chi connectivity index (χ1v) is 6.14. The lowest BCUT2D eigenvalue weighted by Crippen LogP contribution is -2.19. The van der Waals surface area contributed by atoms with E-state index in [4.69, 9.17) is 4.42 Å². The number of benzene rings is 1. The minimum Gasteiger partial charge on any atom is -0.449 e. The third-order valence-corrected chi connectivity index (χ3v) is 3.27. The Kier molecular flexibility index (Phi) is 2.81. The molecular formula is C15H16N2O. The number of anilines is 1. The number of likely N-dealkylation sites (N-methyl/N-ethyl adjacent to an activating group) is 1. The maximum absolute atomic E-state index is 5.37. The summed E-state index contributed by atoms with van der Waals surface area (Å²) in [6, 6.07) is 12.3. The molecule has 18 heavy (non-hydrogen) atoms. The minimum atomic E-state index is 0.912. The van der Waals surface area contributed by atoms with Crippen molar-refractivity contribution >= 4 is 16.8 Å². The Morgan fingerprint density at radius 3 is 2.89 bits per heavy atom. The second kappa shape index (κ2) is 4.61. The van der Waals surface area contributed by atoms with E-state index in [1.54, 1.807) is 6.26 Å². The number of furan rings is 1. The van der Waals surface area contributed by atoms with Gasteiger partial charge in [-0.1, -0.05) is 18.2 Å². The number of para-hydroxylation sites is 1. The fraction of sp³-hybridized carbons (Fsp3) is 0.200. The van der Waals surface area contributed by atoms with E-state index in [0.717, 1.165) is 18.8 Å². The number of fused-ring (bicyclic) bond motifs is 1. The number of rotatable bonds is 4. The fourth-order valence-electron chi connectivity index (χ4n) is 2.22. The smallest absolute Gasteiger partial charge is 0.194 e. The first kappa shape index (κ1) is 11.0. The topological polar surface area (TPSA) is 32.2 Å². The molecule has 0 aliphatic carbocycles. The third kappa shape index (κ3) is 1.99. The number of aromatic amines is 1. The Balaban J connectivity index is 1.73. The van der Waals surface area contributed by atoms with E-state index in [0.29, 0.717) is 0 Å². The Morgan fingerprint density at radius 1 is 1.17 bits per heavy atom. The quantitative estimate of drug-likeness (QED) is 0.757. The molecule has 0 bridgehead atoms. The number of H-pyrrole nitrogens is 1. The van der Waals surface area contributed by atoms with Gasteiger partial charge in [0.1, 0.15) is 0 Å². The van der Waals surface area contributed by atoms with Gasteiger partial charge in [0.15, 0.2) is 5.88 Å². The van der Waals surface area contributed by atoms with Crippen molar-refractivity contribution in [1.29, 1.82) is 0 Å². The highest BCUT2D eigenvalue weighted by atomic mass is 16.3. The summed E-state index contributed by atoms with van der Waals surface area (Å²) in [5.41, 5.74) is 2.55. The molecule has 3 rings (SSSR count). The molecule has 1 N–H and O–H groups in total. The second-order valence-corrected chi connectivity index (χ2v) is 4.48. The average Bonchev–Trinajstić information content (AvgIpc) is 3.06. The van der Waals surface area contributed by atoms with Crippen LogP contribution < -0.4 is 4.90 Å². The maximum atomic E-state index is 5.37. The van der Waals surface area contributed by atoms with Crippen molar-refractivity contribution in [1.82, 2.24) is 4.98 Å². The predicted octanol–water partition coefficient (Wildman–Crippen LogP) is 3.44. The molecule has 0 atom stereocenters. The van der Waals surface area contributed by atoms with E-state index in [2.05, 4.69) is 40.3 Å². The van der Waals surface area contributed by atoms with E-state index in [1.807, 2.05) is 19.2 Å². The van der Waals surface area contributed by atoms with Crippen LogP contribution in [-0.4, -0.2) is 18.6 Å². The van der Waals surface area contributed by atoms with Gasteiger partial charge in [-0.15, -0.1) is 0 Å². The summed E-state index contributed by atoms with van der Waals surface area (Å²) < 4.78 is 5.37. The van der Waals surface area contributed by atoms with Crippen molar-refractivity contribution in [3.63, 3.8) is 0 Å². The average molecular weight is 240 g/mol. The highest BCUT2D eigenvalue weighted by Crippen LogP contribution is 2.19. The molecular weight excluding hydrogens is 224 g/mol. The first-order valence-electron chi connectivity index (χ1n) is 6.14. The molecule has 2 heterocycles. The molecule has 0 saturated heterocycles. The molecule has 0 amide bonds. The molecule has 2 aromatic heterocycles. The summed E-state index contributed by atoms with van der Waals surface area (Å²) in [5, 5.41) is 1.31. The van der Waals surface area contributed by atoms with Crippen LogP contribution in [0.2, 0.25) is 0 Å². The number of nitrogens with one attached hydrogen (secondary N) is 1. The molecule has 0 radical (unpaired) electrons. The van der Waals surface area contributed by atoms with Gasteiger partial charge in [-0.2, -0.15) is 0 Å². The van der Waals surface area contributed by atoms with Crippen molar-refractivity contribution < 1.29 is 4.42 Å². The van der Waals surface area contributed by atoms with E-state index in [1.165, 1.54) is 16.5 Å². The van der Waals surface area contributed by atoms with Crippen LogP contribution in [0.15, 0.2) is 53.3 Å². The first-order chi connectivity index (χ1) is 8.84. The molecule has 0 fully saturated rings. The zero-order valence-corrected chi connectivity index (χ0v) is 10.4. The summed E-state index contributed by atoms with van der Waals surface area (Å²) >= 11 is 0. The third-order valence-electron chi connectivity index (χ3n) is 3.27. The lowest BCUT2D eigenvalue weighted by Gasteiger charge is -2.15. The lowest BCUT2D eigenvalue weighted by molar-refractivity contribution is 0.555. The van der Waals surface area contributed by atoms with Crippen molar-refractivity contribution in [2.45, 2.75) is 6.42 Å². The van der Waals surface area contributed by atoms with Gasteiger partial charge in [-0.05, 0) is 24.1 Å². The molecule has 92 valence electrons. The highest BCUT2D eigenvalue weighted by Gasteiger charge is 2.06.